The van der Waals surface area contributed by atoms with Crippen LogP contribution in [0.25, 0.3) is 0 Å². The van der Waals surface area contributed by atoms with Crippen LogP contribution in [0.5, 0.6) is 11.5 Å². The maximum Gasteiger partial charge on any atom is 0.128 e. The average molecular weight is 282 g/mol. The van der Waals surface area contributed by atoms with Crippen LogP contribution in [0, 0.1) is 0 Å². The van der Waals surface area contributed by atoms with E-state index in [2.05, 4.69) is 5.32 Å². The SMILES string of the molecule is COc1ccc(C(O)CNC2(CN)COC2)c(OC)c1. The number of ether oxygens (including phenoxy) is 3. The van der Waals surface area contributed by atoms with Crippen LogP contribution in [0.2, 0.25) is 0 Å². The van der Waals surface area contributed by atoms with E-state index in [-0.39, 0.29) is 5.54 Å². The Morgan fingerprint density at radius 3 is 2.65 bits per heavy atom. The van der Waals surface area contributed by atoms with Gasteiger partial charge in [0.2, 0.25) is 0 Å². The van der Waals surface area contributed by atoms with E-state index in [1.54, 1.807) is 32.4 Å². The van der Waals surface area contributed by atoms with Crippen molar-refractivity contribution in [1.82, 2.24) is 5.32 Å². The maximum absolute atomic E-state index is 10.3. The van der Waals surface area contributed by atoms with E-state index in [0.29, 0.717) is 43.4 Å². The molecule has 1 atom stereocenters. The highest BCUT2D eigenvalue weighted by Crippen LogP contribution is 2.29. The molecule has 0 amide bonds. The van der Waals surface area contributed by atoms with Gasteiger partial charge in [-0.05, 0) is 12.1 Å². The molecule has 1 saturated heterocycles. The van der Waals surface area contributed by atoms with Crippen LogP contribution in [0.15, 0.2) is 18.2 Å². The summed E-state index contributed by atoms with van der Waals surface area (Å²) in [7, 11) is 3.16. The van der Waals surface area contributed by atoms with Crippen LogP contribution in [0.1, 0.15) is 11.7 Å². The number of nitrogens with one attached hydrogen (secondary N) is 1. The number of hydrogen-bond donors (Lipinski definition) is 3. The van der Waals surface area contributed by atoms with Crippen molar-refractivity contribution in [1.29, 1.82) is 0 Å². The third-order valence-electron chi connectivity index (χ3n) is 3.62. The van der Waals surface area contributed by atoms with Crippen molar-refractivity contribution in [3.63, 3.8) is 0 Å². The maximum atomic E-state index is 10.3. The Bertz CT molecular complexity index is 443. The molecule has 1 aromatic rings. The highest BCUT2D eigenvalue weighted by Gasteiger charge is 2.37. The Balaban J connectivity index is 2.03. The number of aliphatic hydroxyl groups is 1. The van der Waals surface area contributed by atoms with Crippen molar-refractivity contribution in [3.05, 3.63) is 23.8 Å². The Morgan fingerprint density at radius 2 is 2.15 bits per heavy atom. The molecule has 0 saturated carbocycles. The summed E-state index contributed by atoms with van der Waals surface area (Å²) in [4.78, 5) is 0. The first kappa shape index (κ1) is 15.1. The van der Waals surface area contributed by atoms with Crippen molar-refractivity contribution >= 4 is 0 Å². The lowest BCUT2D eigenvalue weighted by molar-refractivity contribution is -0.0728. The van der Waals surface area contributed by atoms with Crippen molar-refractivity contribution in [2.24, 2.45) is 5.73 Å². The van der Waals surface area contributed by atoms with Gasteiger partial charge in [0.15, 0.2) is 0 Å². The molecule has 0 radical (unpaired) electrons. The van der Waals surface area contributed by atoms with Gasteiger partial charge in [0.1, 0.15) is 11.5 Å². The van der Waals surface area contributed by atoms with E-state index in [1.165, 1.54) is 0 Å². The second-order valence-corrected chi connectivity index (χ2v) is 4.98. The van der Waals surface area contributed by atoms with Gasteiger partial charge >= 0.3 is 0 Å². The molecule has 6 heteroatoms. The molecule has 2 rings (SSSR count). The van der Waals surface area contributed by atoms with E-state index in [0.717, 1.165) is 0 Å². The van der Waals surface area contributed by atoms with Gasteiger partial charge in [-0.2, -0.15) is 0 Å². The van der Waals surface area contributed by atoms with E-state index >= 15 is 0 Å². The Kier molecular flexibility index (Phi) is 4.82. The Labute approximate surface area is 118 Å². The van der Waals surface area contributed by atoms with Gasteiger partial charge in [0.25, 0.3) is 0 Å². The molecule has 20 heavy (non-hydrogen) atoms. The minimum absolute atomic E-state index is 0.208. The van der Waals surface area contributed by atoms with Crippen molar-refractivity contribution in [2.45, 2.75) is 11.6 Å². The Morgan fingerprint density at radius 1 is 1.40 bits per heavy atom. The predicted molar refractivity (Wildman–Crippen MR) is 75.1 cm³/mol. The van der Waals surface area contributed by atoms with Crippen LogP contribution in [-0.2, 0) is 4.74 Å². The third kappa shape index (κ3) is 3.04. The van der Waals surface area contributed by atoms with Crippen LogP contribution in [-0.4, -0.2) is 51.2 Å². The van der Waals surface area contributed by atoms with Crippen LogP contribution in [0.4, 0.5) is 0 Å². The summed E-state index contributed by atoms with van der Waals surface area (Å²) in [5.41, 5.74) is 6.23. The molecule has 1 aromatic carbocycles. The fraction of sp³-hybridized carbons (Fsp3) is 0.571. The smallest absolute Gasteiger partial charge is 0.128 e. The quantitative estimate of drug-likeness (QED) is 0.655. The number of aliphatic hydroxyl groups excluding tert-OH is 1. The molecule has 1 unspecified atom stereocenters. The molecule has 4 N–H and O–H groups in total. The van der Waals surface area contributed by atoms with Crippen LogP contribution < -0.4 is 20.5 Å². The first-order valence-electron chi connectivity index (χ1n) is 6.57. The lowest BCUT2D eigenvalue weighted by Crippen LogP contribution is -2.65. The standard InChI is InChI=1S/C14H22N2O4/c1-18-10-3-4-11(13(5-10)19-2)12(17)6-16-14(7-15)8-20-9-14/h3-5,12,16-17H,6-9,15H2,1-2H3. The number of β-amino-alcohol motifs (C(OH)–C–C–N with tert-alkyl or cyclic N) is 1. The predicted octanol–water partition coefficient (Wildman–Crippen LogP) is 0.0545. The van der Waals surface area contributed by atoms with Crippen molar-refractivity contribution < 1.29 is 19.3 Å². The molecule has 0 bridgehead atoms. The van der Waals surface area contributed by atoms with E-state index < -0.39 is 6.10 Å². The topological polar surface area (TPSA) is 86.0 Å². The van der Waals surface area contributed by atoms with Gasteiger partial charge in [-0.15, -0.1) is 0 Å². The lowest BCUT2D eigenvalue weighted by Gasteiger charge is -2.41. The summed E-state index contributed by atoms with van der Waals surface area (Å²) in [6.45, 7) is 2.04. The summed E-state index contributed by atoms with van der Waals surface area (Å²) in [6, 6.07) is 5.35. The number of nitrogens with two attached hydrogens (primary N) is 1. The largest absolute Gasteiger partial charge is 0.497 e. The lowest BCUT2D eigenvalue weighted by atomic mass is 9.97. The molecular formula is C14H22N2O4. The molecule has 0 aromatic heterocycles. The second kappa shape index (κ2) is 6.41. The molecule has 1 aliphatic rings. The first-order valence-corrected chi connectivity index (χ1v) is 6.57. The van der Waals surface area contributed by atoms with Gasteiger partial charge in [-0.25, -0.2) is 0 Å². The number of methoxy groups -OCH3 is 2. The monoisotopic (exact) mass is 282 g/mol. The summed E-state index contributed by atoms with van der Waals surface area (Å²) in [5, 5.41) is 13.6. The van der Waals surface area contributed by atoms with Gasteiger partial charge in [-0.1, -0.05) is 0 Å². The highest BCUT2D eigenvalue weighted by molar-refractivity contribution is 5.42. The normalized spacial score (nSPS) is 18.2. The zero-order valence-corrected chi connectivity index (χ0v) is 11.9. The molecule has 6 nitrogen and oxygen atoms in total. The van der Waals surface area contributed by atoms with Gasteiger partial charge < -0.3 is 30.4 Å². The highest BCUT2D eigenvalue weighted by atomic mass is 16.5. The fourth-order valence-corrected chi connectivity index (χ4v) is 2.16. The van der Waals surface area contributed by atoms with Crippen molar-refractivity contribution in [2.75, 3.05) is 40.5 Å². The zero-order chi connectivity index (χ0) is 14.6. The van der Waals surface area contributed by atoms with Gasteiger partial charge in [-0.3, -0.25) is 0 Å². The summed E-state index contributed by atoms with van der Waals surface area (Å²) < 4.78 is 15.6. The van der Waals surface area contributed by atoms with Crippen molar-refractivity contribution in [3.8, 4) is 11.5 Å². The number of hydrogen-bond acceptors (Lipinski definition) is 6. The van der Waals surface area contributed by atoms with E-state index in [9.17, 15) is 5.11 Å². The molecule has 1 fully saturated rings. The molecular weight excluding hydrogens is 260 g/mol. The molecule has 0 aliphatic carbocycles. The number of rotatable bonds is 7. The molecule has 112 valence electrons. The van der Waals surface area contributed by atoms with E-state index in [4.69, 9.17) is 19.9 Å². The van der Waals surface area contributed by atoms with Crippen LogP contribution >= 0.6 is 0 Å². The second-order valence-electron chi connectivity index (χ2n) is 4.98. The minimum Gasteiger partial charge on any atom is -0.497 e. The third-order valence-corrected chi connectivity index (χ3v) is 3.62. The molecule has 1 heterocycles. The molecule has 0 spiro atoms. The summed E-state index contributed by atoms with van der Waals surface area (Å²) in [5.74, 6) is 1.29. The summed E-state index contributed by atoms with van der Waals surface area (Å²) >= 11 is 0. The number of benzene rings is 1. The molecule has 1 aliphatic heterocycles. The average Bonchev–Trinajstić information content (AvgIpc) is 2.45. The van der Waals surface area contributed by atoms with Crippen LogP contribution in [0.3, 0.4) is 0 Å². The fourth-order valence-electron chi connectivity index (χ4n) is 2.16. The van der Waals surface area contributed by atoms with E-state index in [1.807, 2.05) is 0 Å². The van der Waals surface area contributed by atoms with Gasteiger partial charge in [0, 0.05) is 24.7 Å². The Hall–Kier alpha value is -1.34. The summed E-state index contributed by atoms with van der Waals surface area (Å²) in [6.07, 6.45) is -0.681. The van der Waals surface area contributed by atoms with Gasteiger partial charge in [0.05, 0.1) is 39.1 Å². The first-order chi connectivity index (χ1) is 9.64. The minimum atomic E-state index is -0.681. The zero-order valence-electron chi connectivity index (χ0n) is 11.9.